The number of hydrogen-bond donors (Lipinski definition) is 2. The molecule has 146 valence electrons. The molecule has 0 saturated carbocycles. The van der Waals surface area contributed by atoms with Crippen LogP contribution in [0.15, 0.2) is 29.4 Å². The first kappa shape index (κ1) is 18.9. The molecule has 0 aromatic carbocycles. The van der Waals surface area contributed by atoms with E-state index in [1.165, 1.54) is 0 Å². The van der Waals surface area contributed by atoms with Crippen LogP contribution in [0.5, 0.6) is 0 Å². The quantitative estimate of drug-likeness (QED) is 0.424. The summed E-state index contributed by atoms with van der Waals surface area (Å²) in [5.74, 6) is 2.11. The van der Waals surface area contributed by atoms with Crippen LogP contribution >= 0.6 is 24.4 Å². The fraction of sp³-hybridized carbons (Fsp3) is 0.611. The van der Waals surface area contributed by atoms with Gasteiger partial charge >= 0.3 is 5.97 Å². The summed E-state index contributed by atoms with van der Waals surface area (Å²) >= 11 is 6.21. The summed E-state index contributed by atoms with van der Waals surface area (Å²) in [6, 6.07) is 0. The second-order valence-electron chi connectivity index (χ2n) is 7.54. The van der Waals surface area contributed by atoms with E-state index in [-0.39, 0.29) is 17.8 Å². The van der Waals surface area contributed by atoms with E-state index >= 15 is 0 Å². The molecular formula is C18H23N3O4S2. The van der Waals surface area contributed by atoms with Crippen molar-refractivity contribution in [2.45, 2.75) is 50.2 Å². The van der Waals surface area contributed by atoms with Crippen LogP contribution in [0.2, 0.25) is 0 Å². The van der Waals surface area contributed by atoms with E-state index in [1.54, 1.807) is 23.9 Å². The third-order valence-electron chi connectivity index (χ3n) is 5.33. The minimum absolute atomic E-state index is 0.0166. The smallest absolute Gasteiger partial charge is 0.339 e. The lowest BCUT2D eigenvalue weighted by atomic mass is 9.82. The number of thioether (sulfide) groups is 1. The fourth-order valence-electron chi connectivity index (χ4n) is 3.43. The highest BCUT2D eigenvalue weighted by atomic mass is 32.2. The predicted molar refractivity (Wildman–Crippen MR) is 105 cm³/mol. The molecule has 3 heterocycles. The molecule has 1 aromatic rings. The molecule has 4 rings (SSSR count). The van der Waals surface area contributed by atoms with Crippen LogP contribution in [0.25, 0.3) is 0 Å². The van der Waals surface area contributed by atoms with Gasteiger partial charge in [0.05, 0.1) is 24.7 Å². The monoisotopic (exact) mass is 409 g/mol. The topological polar surface area (TPSA) is 86.5 Å². The lowest BCUT2D eigenvalue weighted by Gasteiger charge is -2.35. The van der Waals surface area contributed by atoms with Crippen molar-refractivity contribution in [1.82, 2.24) is 15.0 Å². The lowest BCUT2D eigenvalue weighted by molar-refractivity contribution is -0.151. The zero-order valence-electron chi connectivity index (χ0n) is 15.3. The van der Waals surface area contributed by atoms with E-state index in [4.69, 9.17) is 9.47 Å². The number of aliphatic hydroxyl groups is 1. The van der Waals surface area contributed by atoms with Gasteiger partial charge in [0, 0.05) is 35.2 Å². The van der Waals surface area contributed by atoms with Gasteiger partial charge in [-0.2, -0.15) is 24.4 Å². The molecule has 1 aromatic heterocycles. The number of allylic oxidation sites excluding steroid dienone is 3. The minimum Gasteiger partial charge on any atom is -0.512 e. The Bertz CT molecular complexity index is 817. The number of ether oxygens (including phenoxy) is 2. The molecule has 1 N–H and O–H groups in total. The van der Waals surface area contributed by atoms with Crippen LogP contribution in [0.4, 0.5) is 0 Å². The Morgan fingerprint density at radius 1 is 1.59 bits per heavy atom. The molecule has 0 amide bonds. The average Bonchev–Trinajstić information content (AvgIpc) is 3.35. The molecule has 0 spiro atoms. The van der Waals surface area contributed by atoms with Crippen molar-refractivity contribution >= 4 is 30.4 Å². The van der Waals surface area contributed by atoms with Gasteiger partial charge in [-0.1, -0.05) is 12.1 Å². The van der Waals surface area contributed by atoms with Crippen LogP contribution in [0, 0.1) is 5.92 Å². The van der Waals surface area contributed by atoms with Crippen molar-refractivity contribution in [1.29, 1.82) is 0 Å². The van der Waals surface area contributed by atoms with Gasteiger partial charge in [-0.15, -0.1) is 5.10 Å². The number of esters is 1. The number of rotatable bonds is 6. The van der Waals surface area contributed by atoms with E-state index in [0.29, 0.717) is 41.9 Å². The Morgan fingerprint density at radius 2 is 2.37 bits per heavy atom. The normalized spacial score (nSPS) is 31.2. The number of nitrogens with zero attached hydrogens (tertiary/aromatic N) is 3. The first-order chi connectivity index (χ1) is 12.9. The van der Waals surface area contributed by atoms with E-state index in [0.717, 1.165) is 11.3 Å². The lowest BCUT2D eigenvalue weighted by Crippen LogP contribution is -2.44. The van der Waals surface area contributed by atoms with Crippen LogP contribution in [-0.4, -0.2) is 48.9 Å². The summed E-state index contributed by atoms with van der Waals surface area (Å²) in [6.07, 6.45) is 4.55. The first-order valence-corrected chi connectivity index (χ1v) is 10.7. The molecular weight excluding hydrogens is 386 g/mol. The Kier molecular flexibility index (Phi) is 5.02. The number of thiol groups is 1. The first-order valence-electron chi connectivity index (χ1n) is 9.01. The van der Waals surface area contributed by atoms with Crippen LogP contribution < -0.4 is 0 Å². The zero-order chi connectivity index (χ0) is 19.2. The third-order valence-corrected chi connectivity index (χ3v) is 6.71. The van der Waals surface area contributed by atoms with Gasteiger partial charge in [-0.3, -0.25) is 0 Å². The number of aromatic nitrogens is 3. The number of aliphatic hydroxyl groups excluding tert-OH is 1. The van der Waals surface area contributed by atoms with Crippen molar-refractivity contribution in [3.63, 3.8) is 0 Å². The van der Waals surface area contributed by atoms with Crippen molar-refractivity contribution in [3.8, 4) is 0 Å². The van der Waals surface area contributed by atoms with Crippen molar-refractivity contribution < 1.29 is 19.4 Å². The molecule has 1 aliphatic carbocycles. The van der Waals surface area contributed by atoms with Gasteiger partial charge in [-0.05, 0) is 18.9 Å². The zero-order valence-corrected chi connectivity index (χ0v) is 17.0. The molecule has 3 aliphatic rings. The Labute approximate surface area is 167 Å². The molecule has 2 unspecified atom stereocenters. The number of carbonyl (C=O) groups excluding carboxylic acids is 1. The molecule has 4 atom stereocenters. The fourth-order valence-corrected chi connectivity index (χ4v) is 4.65. The highest BCUT2D eigenvalue weighted by Crippen LogP contribution is 2.40. The Balaban J connectivity index is 1.49. The summed E-state index contributed by atoms with van der Waals surface area (Å²) < 4.78 is 13.0. The van der Waals surface area contributed by atoms with Crippen LogP contribution in [0.3, 0.4) is 0 Å². The number of hydrogen-bond acceptors (Lipinski definition) is 8. The van der Waals surface area contributed by atoms with Crippen LogP contribution in [0.1, 0.15) is 32.4 Å². The Morgan fingerprint density at radius 3 is 3.07 bits per heavy atom. The maximum atomic E-state index is 12.7. The van der Waals surface area contributed by atoms with Crippen molar-refractivity contribution in [2.75, 3.05) is 11.5 Å². The maximum Gasteiger partial charge on any atom is 0.339 e. The highest BCUT2D eigenvalue weighted by Gasteiger charge is 2.45. The largest absolute Gasteiger partial charge is 0.512 e. The van der Waals surface area contributed by atoms with Gasteiger partial charge < -0.3 is 14.6 Å². The summed E-state index contributed by atoms with van der Waals surface area (Å²) in [7, 11) is 0. The van der Waals surface area contributed by atoms with Gasteiger partial charge in [-0.25, -0.2) is 9.48 Å². The predicted octanol–water partition coefficient (Wildman–Crippen LogP) is 2.61. The van der Waals surface area contributed by atoms with Crippen molar-refractivity contribution in [3.05, 3.63) is 35.1 Å². The summed E-state index contributed by atoms with van der Waals surface area (Å²) in [6.45, 7) is 4.10. The minimum atomic E-state index is -0.958. The summed E-state index contributed by atoms with van der Waals surface area (Å²) in [5, 5.41) is 18.8. The second kappa shape index (κ2) is 7.18. The molecule has 1 saturated heterocycles. The summed E-state index contributed by atoms with van der Waals surface area (Å²) in [4.78, 5) is 12.7. The van der Waals surface area contributed by atoms with Crippen molar-refractivity contribution in [2.24, 2.45) is 5.92 Å². The number of carbonyl (C=O) groups is 1. The van der Waals surface area contributed by atoms with E-state index in [9.17, 15) is 9.90 Å². The van der Waals surface area contributed by atoms with Gasteiger partial charge in [0.1, 0.15) is 11.5 Å². The standard InChI is InChI=1S/C18H23N3O4S2/c1-10-3-11-5-18(2,17(23)25-14(11)4-13(10)22)21-6-12(19-20-21)7-24-15(8-26)16-9-27-16/h4,6,10,15-16,22,26H,3,5,7-9H2,1-2H3/t10?,15-,16-,18?/m1/s1. The molecule has 27 heavy (non-hydrogen) atoms. The van der Waals surface area contributed by atoms with Crippen LogP contribution in [-0.2, 0) is 26.4 Å². The molecule has 0 radical (unpaired) electrons. The molecule has 2 aliphatic heterocycles. The highest BCUT2D eigenvalue weighted by molar-refractivity contribution is 8.07. The average molecular weight is 410 g/mol. The van der Waals surface area contributed by atoms with E-state index in [2.05, 4.69) is 22.9 Å². The van der Waals surface area contributed by atoms with Gasteiger partial charge in [0.2, 0.25) is 0 Å². The molecule has 1 fully saturated rings. The van der Waals surface area contributed by atoms with E-state index in [1.807, 2.05) is 18.7 Å². The Hall–Kier alpha value is -1.45. The summed E-state index contributed by atoms with van der Waals surface area (Å²) in [5.41, 5.74) is 0.729. The van der Waals surface area contributed by atoms with Gasteiger partial charge in [0.15, 0.2) is 5.54 Å². The third kappa shape index (κ3) is 3.64. The molecule has 0 bridgehead atoms. The van der Waals surface area contributed by atoms with Gasteiger partial charge in [0.25, 0.3) is 0 Å². The molecule has 9 heteroatoms. The second-order valence-corrected chi connectivity index (χ2v) is 9.18. The van der Waals surface area contributed by atoms with E-state index < -0.39 is 11.5 Å². The maximum absolute atomic E-state index is 12.7. The SMILES string of the molecule is CC1CC2=C(C=C1O)OC(=O)C(C)(n1cc(CO[C@H](CS)[C@H]3CS3)nn1)C2. The molecule has 7 nitrogen and oxygen atoms in total.